The molecule has 8 nitrogen and oxygen atoms in total. The predicted octanol–water partition coefficient (Wildman–Crippen LogP) is 3.57. The molecule has 0 bridgehead atoms. The quantitative estimate of drug-likeness (QED) is 0.464. The van der Waals surface area contributed by atoms with Crippen LogP contribution in [-0.2, 0) is 39.3 Å². The van der Waals surface area contributed by atoms with Gasteiger partial charge in [-0.2, -0.15) is 0 Å². The number of hydrogen-bond donors (Lipinski definition) is 0. The lowest BCUT2D eigenvalue weighted by Gasteiger charge is -2.54. The highest BCUT2D eigenvalue weighted by Crippen LogP contribution is 2.45. The molecule has 0 radical (unpaired) electrons. The standard InChI is InChI=1S/C28H39NO7S2/c1-17(15-18-11-8-7-9-12-18)20-24(32-6)25(30)29(20)21(26-37-13-10-14-38(26)31)23-22(35-28(4,5)36-23)19-16-33-27(2,3)34-19/h7-9,11-12,15,19-24,26H,10,13-14,16H2,1-6H3/b17-15+/t19-,20-,21?,22?,23?,24+,26?,38?/m0/s1. The van der Waals surface area contributed by atoms with E-state index in [1.165, 1.54) is 0 Å². The zero-order chi connectivity index (χ0) is 27.2. The molecule has 0 aliphatic carbocycles. The van der Waals surface area contributed by atoms with Gasteiger partial charge in [0, 0.05) is 23.7 Å². The monoisotopic (exact) mass is 565 g/mol. The summed E-state index contributed by atoms with van der Waals surface area (Å²) in [6.07, 6.45) is 0.928. The van der Waals surface area contributed by atoms with Crippen LogP contribution < -0.4 is 0 Å². The number of carbonyl (C=O) groups is 1. The fraction of sp³-hybridized carbons (Fsp3) is 0.679. The Morgan fingerprint density at radius 1 is 1.16 bits per heavy atom. The van der Waals surface area contributed by atoms with Gasteiger partial charge in [-0.05, 0) is 57.9 Å². The van der Waals surface area contributed by atoms with E-state index in [0.29, 0.717) is 12.4 Å². The van der Waals surface area contributed by atoms with Crippen LogP contribution in [0.15, 0.2) is 35.9 Å². The van der Waals surface area contributed by atoms with Crippen LogP contribution in [0, 0.1) is 0 Å². The van der Waals surface area contributed by atoms with E-state index in [-0.39, 0.29) is 22.6 Å². The maximum atomic E-state index is 13.7. The Balaban J connectivity index is 1.54. The van der Waals surface area contributed by atoms with Crippen LogP contribution in [-0.4, -0.2) is 92.9 Å². The summed E-state index contributed by atoms with van der Waals surface area (Å²) >= 11 is 1.66. The smallest absolute Gasteiger partial charge is 0.255 e. The molecule has 38 heavy (non-hydrogen) atoms. The van der Waals surface area contributed by atoms with Crippen LogP contribution in [0.4, 0.5) is 0 Å². The number of ether oxygens (including phenoxy) is 5. The summed E-state index contributed by atoms with van der Waals surface area (Å²) in [5, 5.41) is 0. The van der Waals surface area contributed by atoms with Gasteiger partial charge in [-0.15, -0.1) is 11.8 Å². The molecule has 0 spiro atoms. The van der Waals surface area contributed by atoms with Gasteiger partial charge in [-0.1, -0.05) is 36.4 Å². The molecule has 0 aromatic heterocycles. The summed E-state index contributed by atoms with van der Waals surface area (Å²) in [5.41, 5.74) is 2.04. The molecular formula is C28H39NO7S2. The third-order valence-corrected chi connectivity index (χ3v) is 11.2. The van der Waals surface area contributed by atoms with Crippen LogP contribution in [0.1, 0.15) is 46.6 Å². The highest BCUT2D eigenvalue weighted by Gasteiger charge is 2.61. The van der Waals surface area contributed by atoms with Crippen molar-refractivity contribution in [2.24, 2.45) is 0 Å². The zero-order valence-electron chi connectivity index (χ0n) is 23.0. The Bertz CT molecular complexity index is 1080. The first kappa shape index (κ1) is 28.3. The third kappa shape index (κ3) is 5.50. The SMILES string of the molecule is CO[C@H]1C(=O)N(C(C2OC(C)(C)OC2[C@@H]2COC(C)(C)O2)C2SCCCS2=O)[C@H]1/C(C)=C/c1ccccc1. The van der Waals surface area contributed by atoms with Crippen LogP contribution in [0.2, 0.25) is 0 Å². The third-order valence-electron chi connectivity index (χ3n) is 7.53. The first-order chi connectivity index (χ1) is 18.0. The number of thioether (sulfide) groups is 1. The van der Waals surface area contributed by atoms with E-state index in [9.17, 15) is 9.00 Å². The van der Waals surface area contributed by atoms with Crippen molar-refractivity contribution in [1.82, 2.24) is 4.90 Å². The largest absolute Gasteiger partial charge is 0.369 e. The fourth-order valence-corrected chi connectivity index (χ4v) is 9.59. The summed E-state index contributed by atoms with van der Waals surface area (Å²) in [6.45, 7) is 9.87. The molecule has 1 amide bonds. The van der Waals surface area contributed by atoms with E-state index in [1.54, 1.807) is 18.9 Å². The summed E-state index contributed by atoms with van der Waals surface area (Å²) in [6, 6.07) is 9.21. The van der Waals surface area contributed by atoms with Gasteiger partial charge in [0.05, 0.1) is 18.7 Å². The molecule has 210 valence electrons. The van der Waals surface area contributed by atoms with Gasteiger partial charge in [0.15, 0.2) is 17.7 Å². The predicted molar refractivity (Wildman–Crippen MR) is 148 cm³/mol. The van der Waals surface area contributed by atoms with Crippen molar-refractivity contribution in [3.05, 3.63) is 41.5 Å². The van der Waals surface area contributed by atoms with Crippen molar-refractivity contribution in [2.75, 3.05) is 25.2 Å². The minimum absolute atomic E-state index is 0.123. The van der Waals surface area contributed by atoms with Gasteiger partial charge in [0.25, 0.3) is 5.91 Å². The Morgan fingerprint density at radius 3 is 2.53 bits per heavy atom. The first-order valence-electron chi connectivity index (χ1n) is 13.3. The fourth-order valence-electron chi connectivity index (χ4n) is 5.94. The number of likely N-dealkylation sites (tertiary alicyclic amines) is 1. The summed E-state index contributed by atoms with van der Waals surface area (Å²) in [5.74, 6) is -0.283. The van der Waals surface area contributed by atoms with Gasteiger partial charge in [0.2, 0.25) is 0 Å². The minimum Gasteiger partial charge on any atom is -0.369 e. The van der Waals surface area contributed by atoms with E-state index in [4.69, 9.17) is 23.7 Å². The Hall–Kier alpha value is -1.27. The van der Waals surface area contributed by atoms with Gasteiger partial charge in [-0.3, -0.25) is 9.00 Å². The molecule has 5 unspecified atom stereocenters. The lowest BCUT2D eigenvalue weighted by atomic mass is 9.86. The summed E-state index contributed by atoms with van der Waals surface area (Å²) < 4.78 is 44.0. The second kappa shape index (κ2) is 11.0. The average Bonchev–Trinajstić information content (AvgIpc) is 3.39. The maximum Gasteiger partial charge on any atom is 0.255 e. The van der Waals surface area contributed by atoms with Gasteiger partial charge >= 0.3 is 0 Å². The molecule has 4 saturated heterocycles. The highest BCUT2D eigenvalue weighted by molar-refractivity contribution is 8.11. The summed E-state index contributed by atoms with van der Waals surface area (Å²) in [7, 11) is 0.426. The number of hydrogen-bond acceptors (Lipinski definition) is 8. The van der Waals surface area contributed by atoms with E-state index >= 15 is 0 Å². The van der Waals surface area contributed by atoms with Crippen LogP contribution in [0.5, 0.6) is 0 Å². The molecule has 4 heterocycles. The average molecular weight is 566 g/mol. The van der Waals surface area contributed by atoms with Gasteiger partial charge in [-0.25, -0.2) is 0 Å². The zero-order valence-corrected chi connectivity index (χ0v) is 24.6. The molecule has 1 aromatic rings. The number of benzene rings is 1. The Labute approximate surface area is 232 Å². The molecule has 4 aliphatic heterocycles. The molecule has 4 aliphatic rings. The topological polar surface area (TPSA) is 83.5 Å². The molecule has 5 rings (SSSR count). The van der Waals surface area contributed by atoms with Crippen LogP contribution in [0.25, 0.3) is 6.08 Å². The van der Waals surface area contributed by atoms with Crippen molar-refractivity contribution in [2.45, 2.75) is 93.7 Å². The second-order valence-electron chi connectivity index (χ2n) is 11.2. The Kier molecular flexibility index (Phi) is 8.15. The number of β-lactam (4-membered cyclic amide) rings is 1. The first-order valence-corrected chi connectivity index (χ1v) is 15.7. The second-order valence-corrected chi connectivity index (χ2v) is 14.5. The van der Waals surface area contributed by atoms with E-state index in [1.807, 2.05) is 69.9 Å². The van der Waals surface area contributed by atoms with Gasteiger partial charge < -0.3 is 28.6 Å². The molecule has 10 heteroatoms. The number of rotatable bonds is 7. The van der Waals surface area contributed by atoms with Crippen molar-refractivity contribution < 1.29 is 32.7 Å². The van der Waals surface area contributed by atoms with Crippen molar-refractivity contribution >= 4 is 34.5 Å². The van der Waals surface area contributed by atoms with Crippen LogP contribution >= 0.6 is 11.8 Å². The lowest BCUT2D eigenvalue weighted by molar-refractivity contribution is -0.182. The van der Waals surface area contributed by atoms with E-state index in [0.717, 1.165) is 23.3 Å². The molecule has 1 aromatic carbocycles. The summed E-state index contributed by atoms with van der Waals surface area (Å²) in [4.78, 5) is 15.6. The van der Waals surface area contributed by atoms with E-state index < -0.39 is 46.7 Å². The van der Waals surface area contributed by atoms with Crippen molar-refractivity contribution in [3.63, 3.8) is 0 Å². The number of methoxy groups -OCH3 is 1. The molecule has 8 atom stereocenters. The normalized spacial score (nSPS) is 37.7. The Morgan fingerprint density at radius 2 is 1.89 bits per heavy atom. The maximum absolute atomic E-state index is 13.7. The highest BCUT2D eigenvalue weighted by atomic mass is 32.2. The van der Waals surface area contributed by atoms with Crippen molar-refractivity contribution in [3.8, 4) is 0 Å². The minimum atomic E-state index is -1.14. The van der Waals surface area contributed by atoms with Gasteiger partial charge in [0.1, 0.15) is 22.9 Å². The molecule has 0 saturated carbocycles. The van der Waals surface area contributed by atoms with Crippen LogP contribution in [0.3, 0.4) is 0 Å². The number of nitrogens with zero attached hydrogens (tertiary/aromatic N) is 1. The molecular weight excluding hydrogens is 526 g/mol. The number of amides is 1. The number of carbonyl (C=O) groups excluding carboxylic acids is 1. The van der Waals surface area contributed by atoms with E-state index in [2.05, 4.69) is 6.08 Å². The molecule has 0 N–H and O–H groups in total. The lowest BCUT2D eigenvalue weighted by Crippen LogP contribution is -2.74. The molecule has 4 fully saturated rings. The van der Waals surface area contributed by atoms with Crippen molar-refractivity contribution in [1.29, 1.82) is 0 Å².